The van der Waals surface area contributed by atoms with Gasteiger partial charge in [-0.15, -0.1) is 0 Å². The minimum atomic E-state index is -0.446. The average molecular weight is 388 g/mol. The first-order valence-electron chi connectivity index (χ1n) is 9.01. The molecule has 0 aliphatic carbocycles. The number of aryl methyl sites for hydroxylation is 1. The Morgan fingerprint density at radius 1 is 1.15 bits per heavy atom. The first-order chi connectivity index (χ1) is 13.1. The highest BCUT2D eigenvalue weighted by Gasteiger charge is 2.36. The lowest BCUT2D eigenvalue weighted by molar-refractivity contribution is -0.149. The van der Waals surface area contributed by atoms with Gasteiger partial charge in [-0.25, -0.2) is 0 Å². The van der Waals surface area contributed by atoms with Gasteiger partial charge in [0.1, 0.15) is 19.0 Å². The molecule has 2 aromatic rings. The molecule has 1 aliphatic heterocycles. The molecule has 2 aromatic carbocycles. The summed E-state index contributed by atoms with van der Waals surface area (Å²) < 4.78 is 10.8. The summed E-state index contributed by atoms with van der Waals surface area (Å²) in [5.74, 6) is -0.193. The Hall–Kier alpha value is -2.53. The highest BCUT2D eigenvalue weighted by atomic mass is 35.5. The molecule has 27 heavy (non-hydrogen) atoms. The molecule has 0 aromatic heterocycles. The van der Waals surface area contributed by atoms with Crippen LogP contribution in [0.15, 0.2) is 48.5 Å². The van der Waals surface area contributed by atoms with Crippen molar-refractivity contribution in [1.82, 2.24) is 0 Å². The van der Waals surface area contributed by atoms with Crippen LogP contribution in [0.2, 0.25) is 5.02 Å². The average Bonchev–Trinajstić information content (AvgIpc) is 3.08. The molecule has 1 amide bonds. The number of hydrogen-bond acceptors (Lipinski definition) is 4. The lowest BCUT2D eigenvalue weighted by Gasteiger charge is -2.19. The molecular formula is C21H22ClNO4. The molecule has 0 N–H and O–H groups in total. The van der Waals surface area contributed by atoms with Gasteiger partial charge in [0.2, 0.25) is 5.91 Å². The third kappa shape index (κ3) is 4.80. The van der Waals surface area contributed by atoms with Crippen LogP contribution in [0.1, 0.15) is 18.9 Å². The van der Waals surface area contributed by atoms with Crippen molar-refractivity contribution >= 4 is 29.2 Å². The number of esters is 1. The predicted molar refractivity (Wildman–Crippen MR) is 104 cm³/mol. The van der Waals surface area contributed by atoms with E-state index in [0.717, 1.165) is 17.7 Å². The standard InChI is InChI=1S/C21H22ClNO4/c1-2-15-5-3-4-6-19(15)23-14-16(13-20(23)24)21(25)27-12-11-26-18-9-7-17(22)8-10-18/h3-10,16H,2,11-14H2,1H3/t16-/m1/s1. The molecule has 0 unspecified atom stereocenters. The normalized spacial score (nSPS) is 16.4. The Balaban J connectivity index is 1.49. The van der Waals surface area contributed by atoms with E-state index < -0.39 is 5.92 Å². The Kier molecular flexibility index (Phi) is 6.35. The molecule has 0 radical (unpaired) electrons. The van der Waals surface area contributed by atoms with Crippen LogP contribution in [-0.2, 0) is 20.7 Å². The van der Waals surface area contributed by atoms with Gasteiger partial charge in [-0.2, -0.15) is 0 Å². The first-order valence-corrected chi connectivity index (χ1v) is 9.39. The van der Waals surface area contributed by atoms with Crippen molar-refractivity contribution < 1.29 is 19.1 Å². The van der Waals surface area contributed by atoms with Crippen LogP contribution in [0.25, 0.3) is 0 Å². The van der Waals surface area contributed by atoms with Crippen molar-refractivity contribution in [2.75, 3.05) is 24.7 Å². The van der Waals surface area contributed by atoms with E-state index >= 15 is 0 Å². The molecule has 142 valence electrons. The van der Waals surface area contributed by atoms with Gasteiger partial charge in [0.05, 0.1) is 5.92 Å². The number of benzene rings is 2. The highest BCUT2D eigenvalue weighted by Crippen LogP contribution is 2.29. The lowest BCUT2D eigenvalue weighted by Crippen LogP contribution is -2.27. The van der Waals surface area contributed by atoms with E-state index in [1.165, 1.54) is 0 Å². The zero-order valence-electron chi connectivity index (χ0n) is 15.2. The fourth-order valence-electron chi connectivity index (χ4n) is 3.12. The third-order valence-corrected chi connectivity index (χ3v) is 4.78. The number of amides is 1. The molecule has 1 saturated heterocycles. The first kappa shape index (κ1) is 19.2. The summed E-state index contributed by atoms with van der Waals surface area (Å²) in [5.41, 5.74) is 1.97. The molecule has 5 nitrogen and oxygen atoms in total. The van der Waals surface area contributed by atoms with Crippen LogP contribution < -0.4 is 9.64 Å². The number of rotatable bonds is 7. The second-order valence-electron chi connectivity index (χ2n) is 6.36. The predicted octanol–water partition coefficient (Wildman–Crippen LogP) is 3.88. The number of hydrogen-bond donors (Lipinski definition) is 0. The maximum atomic E-state index is 12.4. The number of carbonyl (C=O) groups is 2. The summed E-state index contributed by atoms with van der Waals surface area (Å²) in [6.45, 7) is 2.78. The number of nitrogens with zero attached hydrogens (tertiary/aromatic N) is 1. The van der Waals surface area contributed by atoms with E-state index in [2.05, 4.69) is 0 Å². The fourth-order valence-corrected chi connectivity index (χ4v) is 3.25. The molecule has 0 spiro atoms. The molecule has 1 heterocycles. The summed E-state index contributed by atoms with van der Waals surface area (Å²) in [4.78, 5) is 26.4. The van der Waals surface area contributed by atoms with Gasteiger partial charge in [0.25, 0.3) is 0 Å². The van der Waals surface area contributed by atoms with Crippen molar-refractivity contribution in [1.29, 1.82) is 0 Å². The molecule has 1 atom stereocenters. The Labute approximate surface area is 163 Å². The molecule has 6 heteroatoms. The minimum absolute atomic E-state index is 0.0461. The lowest BCUT2D eigenvalue weighted by atomic mass is 10.1. The number of carbonyl (C=O) groups excluding carboxylic acids is 2. The number of halogens is 1. The largest absolute Gasteiger partial charge is 0.490 e. The smallest absolute Gasteiger partial charge is 0.311 e. The summed E-state index contributed by atoms with van der Waals surface area (Å²) in [6.07, 6.45) is 1.01. The maximum absolute atomic E-state index is 12.4. The van der Waals surface area contributed by atoms with Crippen molar-refractivity contribution in [3.8, 4) is 5.75 Å². The van der Waals surface area contributed by atoms with E-state index in [1.807, 2.05) is 31.2 Å². The molecule has 3 rings (SSSR count). The quantitative estimate of drug-likeness (QED) is 0.534. The van der Waals surface area contributed by atoms with Crippen molar-refractivity contribution in [2.24, 2.45) is 5.92 Å². The van der Waals surface area contributed by atoms with Crippen LogP contribution in [0, 0.1) is 5.92 Å². The van der Waals surface area contributed by atoms with Crippen LogP contribution in [0.3, 0.4) is 0 Å². The monoisotopic (exact) mass is 387 g/mol. The van der Waals surface area contributed by atoms with Gasteiger partial charge in [-0.1, -0.05) is 36.7 Å². The van der Waals surface area contributed by atoms with Crippen molar-refractivity contribution in [2.45, 2.75) is 19.8 Å². The Morgan fingerprint density at radius 3 is 2.63 bits per heavy atom. The molecule has 1 fully saturated rings. The van der Waals surface area contributed by atoms with Crippen LogP contribution >= 0.6 is 11.6 Å². The minimum Gasteiger partial charge on any atom is -0.490 e. The topological polar surface area (TPSA) is 55.8 Å². The van der Waals surface area contributed by atoms with Gasteiger partial charge in [0.15, 0.2) is 0 Å². The SMILES string of the molecule is CCc1ccccc1N1C[C@H](C(=O)OCCOc2ccc(Cl)cc2)CC1=O. The number of ether oxygens (including phenoxy) is 2. The van der Waals surface area contributed by atoms with E-state index in [9.17, 15) is 9.59 Å². The van der Waals surface area contributed by atoms with E-state index in [-0.39, 0.29) is 31.5 Å². The molecule has 1 aliphatic rings. The summed E-state index contributed by atoms with van der Waals surface area (Å²) in [7, 11) is 0. The zero-order valence-corrected chi connectivity index (χ0v) is 15.9. The summed E-state index contributed by atoms with van der Waals surface area (Å²) in [6, 6.07) is 14.8. The van der Waals surface area contributed by atoms with Gasteiger partial charge in [-0.3, -0.25) is 9.59 Å². The van der Waals surface area contributed by atoms with E-state index in [4.69, 9.17) is 21.1 Å². The second-order valence-corrected chi connectivity index (χ2v) is 6.79. The summed E-state index contributed by atoms with van der Waals surface area (Å²) in [5, 5.41) is 0.633. The fraction of sp³-hybridized carbons (Fsp3) is 0.333. The zero-order chi connectivity index (χ0) is 19.2. The van der Waals surface area contributed by atoms with Crippen LogP contribution in [0.4, 0.5) is 5.69 Å². The van der Waals surface area contributed by atoms with E-state index in [1.54, 1.807) is 29.2 Å². The van der Waals surface area contributed by atoms with Crippen LogP contribution in [-0.4, -0.2) is 31.6 Å². The Bertz CT molecular complexity index is 806. The van der Waals surface area contributed by atoms with Crippen LogP contribution in [0.5, 0.6) is 5.75 Å². The highest BCUT2D eigenvalue weighted by molar-refractivity contribution is 6.30. The van der Waals surface area contributed by atoms with Gasteiger partial charge in [0, 0.05) is 23.7 Å². The molecule has 0 bridgehead atoms. The van der Waals surface area contributed by atoms with Gasteiger partial charge >= 0.3 is 5.97 Å². The number of para-hydroxylation sites is 1. The van der Waals surface area contributed by atoms with Crippen molar-refractivity contribution in [3.05, 3.63) is 59.1 Å². The van der Waals surface area contributed by atoms with Gasteiger partial charge < -0.3 is 14.4 Å². The van der Waals surface area contributed by atoms with Crippen molar-refractivity contribution in [3.63, 3.8) is 0 Å². The van der Waals surface area contributed by atoms with E-state index in [0.29, 0.717) is 17.3 Å². The summed E-state index contributed by atoms with van der Waals surface area (Å²) >= 11 is 5.82. The third-order valence-electron chi connectivity index (χ3n) is 4.53. The second kappa shape index (κ2) is 8.91. The maximum Gasteiger partial charge on any atom is 0.311 e. The van der Waals surface area contributed by atoms with Gasteiger partial charge in [-0.05, 0) is 42.3 Å². The molecular weight excluding hydrogens is 366 g/mol. The molecule has 0 saturated carbocycles. The Morgan fingerprint density at radius 2 is 1.89 bits per heavy atom. The number of anilines is 1.